The highest BCUT2D eigenvalue weighted by Crippen LogP contribution is 2.08. The van der Waals surface area contributed by atoms with Crippen LogP contribution in [0.4, 0.5) is 0 Å². The van der Waals surface area contributed by atoms with Crippen molar-refractivity contribution in [3.8, 4) is 0 Å². The van der Waals surface area contributed by atoms with Crippen molar-refractivity contribution in [2.75, 3.05) is 0 Å². The zero-order valence-corrected chi connectivity index (χ0v) is 6.25. The normalized spacial score (nSPS) is 11.3. The van der Waals surface area contributed by atoms with Crippen molar-refractivity contribution in [2.24, 2.45) is 0 Å². The van der Waals surface area contributed by atoms with E-state index >= 15 is 0 Å². The number of fused-ring (bicyclic) bond motifs is 3. The second kappa shape index (κ2) is 1.85. The van der Waals surface area contributed by atoms with Crippen molar-refractivity contribution in [3.05, 3.63) is 37.3 Å². The molecule has 0 fully saturated rings. The van der Waals surface area contributed by atoms with E-state index in [0.29, 0.717) is 0 Å². The molecule has 3 aromatic rings. The van der Waals surface area contributed by atoms with Gasteiger partial charge in [-0.3, -0.25) is 0 Å². The Morgan fingerprint density at radius 2 is 2.00 bits per heavy atom. The summed E-state index contributed by atoms with van der Waals surface area (Å²) in [6.45, 7) is 0. The number of imidazole rings is 2. The van der Waals surface area contributed by atoms with E-state index in [-0.39, 0.29) is 0 Å². The lowest BCUT2D eigenvalue weighted by Gasteiger charge is -1.95. The molecule has 3 rings (SSSR count). The summed E-state index contributed by atoms with van der Waals surface area (Å²) in [5.74, 6) is 0. The maximum absolute atomic E-state index is 4.22. The first-order valence-corrected chi connectivity index (χ1v) is 3.68. The van der Waals surface area contributed by atoms with Gasteiger partial charge in [-0.25, -0.2) is 9.97 Å². The molecule has 12 heavy (non-hydrogen) atoms. The molecular weight excluding hydrogens is 152 g/mol. The lowest BCUT2D eigenvalue weighted by atomic mass is 10.5. The van der Waals surface area contributed by atoms with Crippen molar-refractivity contribution < 1.29 is 0 Å². The lowest BCUT2D eigenvalue weighted by Crippen LogP contribution is -1.88. The first kappa shape index (κ1) is 5.77. The monoisotopic (exact) mass is 158 g/mol. The molecule has 0 aliphatic heterocycles. The van der Waals surface area contributed by atoms with E-state index in [2.05, 4.69) is 9.97 Å². The fraction of sp³-hybridized carbons (Fsp3) is 0. The number of nitrogens with zero attached hydrogens (tertiary/aromatic N) is 4. The first-order valence-electron chi connectivity index (χ1n) is 3.68. The van der Waals surface area contributed by atoms with Crippen LogP contribution in [0.25, 0.3) is 11.2 Å². The van der Waals surface area contributed by atoms with Crippen LogP contribution in [0.2, 0.25) is 0 Å². The Kier molecular flexibility index (Phi) is 0.889. The molecule has 0 aromatic carbocycles. The van der Waals surface area contributed by atoms with Gasteiger partial charge in [0.05, 0.1) is 12.5 Å². The smallest absolute Gasteiger partial charge is 0.162 e. The third kappa shape index (κ3) is 0.567. The number of hydrogen-bond acceptors (Lipinski definition) is 2. The molecule has 0 saturated heterocycles. The summed E-state index contributed by atoms with van der Waals surface area (Å²) in [7, 11) is 0. The van der Waals surface area contributed by atoms with Crippen LogP contribution < -0.4 is 0 Å². The Morgan fingerprint density at radius 1 is 1.08 bits per heavy atom. The standard InChI is InChI=1S/C8H6N4/c1-2-11-3-4-12-6-9-5-7(12)8(11)10-1/h1-6H. The summed E-state index contributed by atoms with van der Waals surface area (Å²) in [5.41, 5.74) is 1.97. The van der Waals surface area contributed by atoms with Crippen molar-refractivity contribution in [1.82, 2.24) is 18.8 Å². The average Bonchev–Trinajstić information content (AvgIpc) is 2.71. The zero-order valence-electron chi connectivity index (χ0n) is 6.25. The molecule has 0 saturated carbocycles. The van der Waals surface area contributed by atoms with E-state index < -0.39 is 0 Å². The number of hydrogen-bond donors (Lipinski definition) is 0. The first-order chi connectivity index (χ1) is 5.95. The molecule has 0 bridgehead atoms. The van der Waals surface area contributed by atoms with Crippen molar-refractivity contribution in [2.45, 2.75) is 0 Å². The predicted octanol–water partition coefficient (Wildman–Crippen LogP) is 0.982. The maximum atomic E-state index is 4.22. The highest BCUT2D eigenvalue weighted by Gasteiger charge is 1.99. The molecule has 0 amide bonds. The summed E-state index contributed by atoms with van der Waals surface area (Å²) in [6.07, 6.45) is 11.2. The van der Waals surface area contributed by atoms with Gasteiger partial charge >= 0.3 is 0 Å². The quantitative estimate of drug-likeness (QED) is 0.488. The summed E-state index contributed by atoms with van der Waals surface area (Å²) >= 11 is 0. The van der Waals surface area contributed by atoms with Crippen LogP contribution in [0.15, 0.2) is 37.3 Å². The van der Waals surface area contributed by atoms with E-state index in [1.165, 1.54) is 0 Å². The summed E-state index contributed by atoms with van der Waals surface area (Å²) in [6, 6.07) is 0. The van der Waals surface area contributed by atoms with Gasteiger partial charge in [-0.05, 0) is 0 Å². The Hall–Kier alpha value is -1.84. The summed E-state index contributed by atoms with van der Waals surface area (Å²) < 4.78 is 3.92. The van der Waals surface area contributed by atoms with Gasteiger partial charge in [0.2, 0.25) is 0 Å². The number of rotatable bonds is 0. The molecule has 0 unspecified atom stereocenters. The fourth-order valence-corrected chi connectivity index (χ4v) is 1.37. The van der Waals surface area contributed by atoms with E-state index in [9.17, 15) is 0 Å². The van der Waals surface area contributed by atoms with Crippen LogP contribution in [0.3, 0.4) is 0 Å². The van der Waals surface area contributed by atoms with Gasteiger partial charge in [-0.1, -0.05) is 0 Å². The van der Waals surface area contributed by atoms with Gasteiger partial charge < -0.3 is 8.80 Å². The topological polar surface area (TPSA) is 34.6 Å². The van der Waals surface area contributed by atoms with Gasteiger partial charge in [-0.2, -0.15) is 0 Å². The van der Waals surface area contributed by atoms with Crippen LogP contribution in [-0.4, -0.2) is 18.8 Å². The fourth-order valence-electron chi connectivity index (χ4n) is 1.37. The highest BCUT2D eigenvalue weighted by atomic mass is 15.1. The van der Waals surface area contributed by atoms with E-state index in [4.69, 9.17) is 0 Å². The molecule has 4 heteroatoms. The van der Waals surface area contributed by atoms with Crippen molar-refractivity contribution >= 4 is 11.2 Å². The molecular formula is C8H6N4. The van der Waals surface area contributed by atoms with Gasteiger partial charge in [0.25, 0.3) is 0 Å². The third-order valence-electron chi connectivity index (χ3n) is 1.95. The maximum Gasteiger partial charge on any atom is 0.162 e. The SMILES string of the molecule is c1cn2ccn3cncc3c2n1. The van der Waals surface area contributed by atoms with E-state index in [1.807, 2.05) is 33.6 Å². The Balaban J connectivity index is 2.71. The van der Waals surface area contributed by atoms with Crippen LogP contribution in [0.5, 0.6) is 0 Å². The van der Waals surface area contributed by atoms with E-state index in [0.717, 1.165) is 11.2 Å². The molecule has 4 nitrogen and oxygen atoms in total. The van der Waals surface area contributed by atoms with Gasteiger partial charge in [0.15, 0.2) is 5.65 Å². The molecule has 0 aliphatic rings. The molecule has 0 spiro atoms. The van der Waals surface area contributed by atoms with Gasteiger partial charge in [0, 0.05) is 24.8 Å². The minimum absolute atomic E-state index is 0.940. The minimum Gasteiger partial charge on any atom is -0.304 e. The minimum atomic E-state index is 0.940. The average molecular weight is 158 g/mol. The summed E-state index contributed by atoms with van der Waals surface area (Å²) in [4.78, 5) is 8.26. The van der Waals surface area contributed by atoms with Gasteiger partial charge in [0.1, 0.15) is 5.52 Å². The van der Waals surface area contributed by atoms with Crippen molar-refractivity contribution in [3.63, 3.8) is 0 Å². The van der Waals surface area contributed by atoms with Crippen molar-refractivity contribution in [1.29, 1.82) is 0 Å². The Labute approximate surface area is 68.1 Å². The third-order valence-corrected chi connectivity index (χ3v) is 1.95. The second-order valence-electron chi connectivity index (χ2n) is 2.64. The van der Waals surface area contributed by atoms with Crippen LogP contribution in [-0.2, 0) is 0 Å². The molecule has 0 N–H and O–H groups in total. The zero-order chi connectivity index (χ0) is 7.97. The largest absolute Gasteiger partial charge is 0.304 e. The molecule has 58 valence electrons. The predicted molar refractivity (Wildman–Crippen MR) is 43.9 cm³/mol. The second-order valence-corrected chi connectivity index (χ2v) is 2.64. The van der Waals surface area contributed by atoms with Crippen LogP contribution in [0, 0.1) is 0 Å². The van der Waals surface area contributed by atoms with Gasteiger partial charge in [-0.15, -0.1) is 0 Å². The molecule has 0 radical (unpaired) electrons. The number of aromatic nitrogens is 4. The molecule has 3 heterocycles. The lowest BCUT2D eigenvalue weighted by molar-refractivity contribution is 1.08. The molecule has 0 atom stereocenters. The molecule has 0 aliphatic carbocycles. The van der Waals surface area contributed by atoms with Crippen LogP contribution in [0.1, 0.15) is 0 Å². The molecule has 3 aromatic heterocycles. The van der Waals surface area contributed by atoms with Crippen LogP contribution >= 0.6 is 0 Å². The van der Waals surface area contributed by atoms with E-state index in [1.54, 1.807) is 12.5 Å². The Bertz CT molecular complexity index is 484. The summed E-state index contributed by atoms with van der Waals surface area (Å²) in [5, 5.41) is 0. The Morgan fingerprint density at radius 3 is 3.00 bits per heavy atom. The highest BCUT2D eigenvalue weighted by molar-refractivity contribution is 5.69.